The minimum atomic E-state index is -4.15. The van der Waals surface area contributed by atoms with Gasteiger partial charge in [-0.25, -0.2) is 8.42 Å². The van der Waals surface area contributed by atoms with Crippen molar-refractivity contribution < 1.29 is 32.3 Å². The van der Waals surface area contributed by atoms with Crippen molar-refractivity contribution in [1.82, 2.24) is 4.90 Å². The normalized spacial score (nSPS) is 27.8. The summed E-state index contributed by atoms with van der Waals surface area (Å²) in [6.45, 7) is 11.2. The van der Waals surface area contributed by atoms with Gasteiger partial charge < -0.3 is 9.47 Å². The average Bonchev–Trinajstić information content (AvgIpc) is 2.50. The zero-order valence-corrected chi connectivity index (χ0v) is 17.8. The van der Waals surface area contributed by atoms with Crippen molar-refractivity contribution >= 4 is 27.5 Å². The molecule has 0 aromatic rings. The van der Waals surface area contributed by atoms with Gasteiger partial charge in [-0.15, -0.1) is 0 Å². The quantitative estimate of drug-likeness (QED) is 0.520. The maximum atomic E-state index is 13.1. The molecule has 0 spiro atoms. The van der Waals surface area contributed by atoms with Crippen LogP contribution >= 0.6 is 0 Å². The number of hydrogen-bond acceptors (Lipinski definition) is 7. The minimum Gasteiger partial charge on any atom is -0.441 e. The van der Waals surface area contributed by atoms with Crippen LogP contribution in [0.1, 0.15) is 48.5 Å². The Kier molecular flexibility index (Phi) is 5.12. The number of ketones is 1. The van der Waals surface area contributed by atoms with E-state index in [1.54, 1.807) is 41.5 Å². The van der Waals surface area contributed by atoms with E-state index in [1.165, 1.54) is 14.0 Å². The number of rotatable bonds is 3. The molecule has 2 heterocycles. The van der Waals surface area contributed by atoms with E-state index in [1.807, 2.05) is 0 Å². The Morgan fingerprint density at radius 1 is 1.04 bits per heavy atom. The van der Waals surface area contributed by atoms with Crippen LogP contribution in [-0.2, 0) is 33.7 Å². The third-order valence-corrected chi connectivity index (χ3v) is 6.75. The first kappa shape index (κ1) is 21.6. The van der Waals surface area contributed by atoms with Crippen molar-refractivity contribution in [3.05, 3.63) is 11.3 Å². The molecule has 152 valence electrons. The Morgan fingerprint density at radius 3 is 1.96 bits per heavy atom. The van der Waals surface area contributed by atoms with E-state index in [-0.39, 0.29) is 11.3 Å². The van der Waals surface area contributed by atoms with Gasteiger partial charge >= 0.3 is 5.97 Å². The summed E-state index contributed by atoms with van der Waals surface area (Å²) in [4.78, 5) is 38.7. The smallest absolute Gasteiger partial charge is 0.312 e. The summed E-state index contributed by atoms with van der Waals surface area (Å²) in [6, 6.07) is 0. The molecule has 0 aliphatic carbocycles. The molecule has 0 bridgehead atoms. The summed E-state index contributed by atoms with van der Waals surface area (Å²) in [5, 5.41) is -1.39. The third-order valence-electron chi connectivity index (χ3n) is 4.57. The van der Waals surface area contributed by atoms with Crippen LogP contribution in [0, 0.1) is 10.8 Å². The lowest BCUT2D eigenvalue weighted by Gasteiger charge is -2.51. The maximum Gasteiger partial charge on any atom is 0.312 e. The molecular formula is C18H27NO7S. The van der Waals surface area contributed by atoms with E-state index in [4.69, 9.17) is 9.47 Å². The van der Waals surface area contributed by atoms with Crippen LogP contribution in [0.3, 0.4) is 0 Å². The van der Waals surface area contributed by atoms with Gasteiger partial charge in [0.2, 0.25) is 15.3 Å². The summed E-state index contributed by atoms with van der Waals surface area (Å²) < 4.78 is 36.5. The van der Waals surface area contributed by atoms with Gasteiger partial charge in [0, 0.05) is 18.1 Å². The number of Topliss-reactive ketones (excluding diaryl/α,β-unsaturated/α-hetero) is 1. The van der Waals surface area contributed by atoms with Gasteiger partial charge in [0.05, 0.1) is 11.1 Å². The topological polar surface area (TPSA) is 107 Å². The highest BCUT2D eigenvalue weighted by Crippen LogP contribution is 2.43. The number of carbonyl (C=O) groups is 3. The van der Waals surface area contributed by atoms with Crippen molar-refractivity contribution in [3.63, 3.8) is 0 Å². The summed E-state index contributed by atoms with van der Waals surface area (Å²) in [7, 11) is -2.92. The van der Waals surface area contributed by atoms with E-state index in [2.05, 4.69) is 0 Å². The fraction of sp³-hybridized carbons (Fsp3) is 0.722. The number of hydrogen-bond donors (Lipinski definition) is 0. The molecule has 8 nitrogen and oxygen atoms in total. The second kappa shape index (κ2) is 6.41. The lowest BCUT2D eigenvalue weighted by molar-refractivity contribution is -0.162. The van der Waals surface area contributed by atoms with Crippen molar-refractivity contribution in [2.75, 3.05) is 7.11 Å². The number of ether oxygens (including phenoxy) is 2. The fourth-order valence-corrected chi connectivity index (χ4v) is 5.11. The van der Waals surface area contributed by atoms with Gasteiger partial charge in [-0.05, 0) is 27.7 Å². The summed E-state index contributed by atoms with van der Waals surface area (Å²) in [5.41, 5.74) is -3.44. The van der Waals surface area contributed by atoms with Crippen LogP contribution in [0.25, 0.3) is 0 Å². The number of amides is 1. The summed E-state index contributed by atoms with van der Waals surface area (Å²) in [6.07, 6.45) is -1.23. The lowest BCUT2D eigenvalue weighted by Crippen LogP contribution is -2.72. The first-order valence-corrected chi connectivity index (χ1v) is 10.2. The maximum absolute atomic E-state index is 13.1. The van der Waals surface area contributed by atoms with Crippen molar-refractivity contribution in [2.24, 2.45) is 10.8 Å². The number of esters is 1. The van der Waals surface area contributed by atoms with Gasteiger partial charge in [0.25, 0.3) is 5.91 Å². The van der Waals surface area contributed by atoms with E-state index >= 15 is 0 Å². The molecule has 1 amide bonds. The minimum absolute atomic E-state index is 0.0340. The number of allylic oxidation sites excluding steroid dienone is 1. The van der Waals surface area contributed by atoms with Crippen molar-refractivity contribution in [1.29, 1.82) is 0 Å². The number of carbonyl (C=O) groups excluding carboxylic acids is 3. The summed E-state index contributed by atoms with van der Waals surface area (Å²) >= 11 is 0. The molecule has 0 radical (unpaired) electrons. The Hall–Kier alpha value is -1.74. The molecule has 27 heavy (non-hydrogen) atoms. The number of sulfone groups is 1. The molecule has 1 unspecified atom stereocenters. The number of nitrogens with zero attached hydrogens (tertiary/aromatic N) is 1. The highest BCUT2D eigenvalue weighted by atomic mass is 32.2. The first-order valence-electron chi connectivity index (χ1n) is 8.62. The Bertz CT molecular complexity index is 827. The third kappa shape index (κ3) is 3.31. The molecule has 0 aromatic heterocycles. The zero-order valence-electron chi connectivity index (χ0n) is 16.9. The summed E-state index contributed by atoms with van der Waals surface area (Å²) in [5.74, 6) is -1.72. The van der Waals surface area contributed by atoms with Crippen molar-refractivity contribution in [2.45, 2.75) is 65.4 Å². The SMILES string of the molecule is CO[C@H]1C(=O)N2C(C(=O)C(C)(C)C)=C(C)[C@@H](OC(=O)C(C)(C)C)S(=O)(=O)C12. The van der Waals surface area contributed by atoms with Crippen LogP contribution < -0.4 is 0 Å². The van der Waals surface area contributed by atoms with E-state index in [0.717, 1.165) is 4.90 Å². The van der Waals surface area contributed by atoms with Crippen LogP contribution in [0.4, 0.5) is 0 Å². The predicted octanol–water partition coefficient (Wildman–Crippen LogP) is 1.40. The zero-order chi connectivity index (χ0) is 21.1. The average molecular weight is 401 g/mol. The molecule has 1 saturated heterocycles. The fourth-order valence-electron chi connectivity index (χ4n) is 2.96. The largest absolute Gasteiger partial charge is 0.441 e. The molecular weight excluding hydrogens is 374 g/mol. The van der Waals surface area contributed by atoms with E-state index in [9.17, 15) is 22.8 Å². The van der Waals surface area contributed by atoms with Gasteiger partial charge in [0.15, 0.2) is 17.3 Å². The van der Waals surface area contributed by atoms with Crippen LogP contribution in [0.2, 0.25) is 0 Å². The molecule has 2 aliphatic rings. The molecule has 0 aromatic carbocycles. The Labute approximate surface area is 159 Å². The Morgan fingerprint density at radius 2 is 1.56 bits per heavy atom. The lowest BCUT2D eigenvalue weighted by atomic mass is 9.85. The van der Waals surface area contributed by atoms with Crippen LogP contribution in [0.5, 0.6) is 0 Å². The van der Waals surface area contributed by atoms with Crippen molar-refractivity contribution in [3.8, 4) is 0 Å². The monoisotopic (exact) mass is 401 g/mol. The first-order chi connectivity index (χ1) is 12.1. The number of methoxy groups -OCH3 is 1. The molecule has 1 fully saturated rings. The highest BCUT2D eigenvalue weighted by molar-refractivity contribution is 7.93. The highest BCUT2D eigenvalue weighted by Gasteiger charge is 2.64. The molecule has 0 N–H and O–H groups in total. The van der Waals surface area contributed by atoms with Crippen LogP contribution in [0.15, 0.2) is 11.3 Å². The second-order valence-corrected chi connectivity index (χ2v) is 11.0. The number of fused-ring (bicyclic) bond motifs is 1. The molecule has 2 aliphatic heterocycles. The standard InChI is InChI=1S/C18H27NO7S/c1-9-10(12(20)17(2,3)4)19-13(21)11(25-8)14(19)27(23,24)15(9)26-16(22)18(5,6)7/h11,14-15H,1-8H3/t11-,14?,15-/m0/s1. The van der Waals surface area contributed by atoms with Gasteiger partial charge in [0.1, 0.15) is 0 Å². The number of β-lactam (4-membered cyclic amide) rings is 1. The Balaban J connectivity index is 2.66. The van der Waals surface area contributed by atoms with Gasteiger partial charge in [-0.3, -0.25) is 19.3 Å². The van der Waals surface area contributed by atoms with Crippen LogP contribution in [-0.4, -0.2) is 55.0 Å². The van der Waals surface area contributed by atoms with Gasteiger partial charge in [-0.1, -0.05) is 20.8 Å². The van der Waals surface area contributed by atoms with E-state index in [0.29, 0.717) is 0 Å². The molecule has 3 atom stereocenters. The molecule has 2 rings (SSSR count). The molecule has 0 saturated carbocycles. The van der Waals surface area contributed by atoms with Gasteiger partial charge in [-0.2, -0.15) is 0 Å². The van der Waals surface area contributed by atoms with E-state index < -0.39 is 55.2 Å². The molecule has 9 heteroatoms. The second-order valence-electron chi connectivity index (χ2n) is 8.94. The predicted molar refractivity (Wildman–Crippen MR) is 96.8 cm³/mol.